The Balaban J connectivity index is 1.57. The third kappa shape index (κ3) is 4.02. The van der Waals surface area contributed by atoms with Crippen molar-refractivity contribution in [1.29, 1.82) is 0 Å². The van der Waals surface area contributed by atoms with Crippen LogP contribution in [0.2, 0.25) is 0 Å². The van der Waals surface area contributed by atoms with E-state index in [2.05, 4.69) is 5.32 Å². The van der Waals surface area contributed by atoms with E-state index in [-0.39, 0.29) is 18.6 Å². The zero-order valence-electron chi connectivity index (χ0n) is 15.2. The van der Waals surface area contributed by atoms with E-state index >= 15 is 0 Å². The molecule has 1 unspecified atom stereocenters. The fourth-order valence-corrected chi connectivity index (χ4v) is 2.94. The molecule has 138 valence electrons. The number of fused-ring (bicyclic) bond motifs is 1. The Morgan fingerprint density at radius 3 is 2.69 bits per heavy atom. The van der Waals surface area contributed by atoms with Crippen LogP contribution in [-0.4, -0.2) is 26.9 Å². The first-order valence-electron chi connectivity index (χ1n) is 8.48. The third-order valence-electron chi connectivity index (χ3n) is 4.39. The Kier molecular flexibility index (Phi) is 5.51. The molecular formula is C20H23NO5. The summed E-state index contributed by atoms with van der Waals surface area (Å²) in [4.78, 5) is 12.3. The molecule has 0 spiro atoms. The molecular weight excluding hydrogens is 334 g/mol. The van der Waals surface area contributed by atoms with E-state index in [0.717, 1.165) is 28.4 Å². The lowest BCUT2D eigenvalue weighted by Gasteiger charge is -2.16. The lowest BCUT2D eigenvalue weighted by molar-refractivity contribution is -0.121. The summed E-state index contributed by atoms with van der Waals surface area (Å²) in [5.41, 5.74) is 1.95. The van der Waals surface area contributed by atoms with E-state index in [4.69, 9.17) is 18.9 Å². The second-order valence-electron chi connectivity index (χ2n) is 6.18. The van der Waals surface area contributed by atoms with Crippen molar-refractivity contribution in [1.82, 2.24) is 5.32 Å². The minimum atomic E-state index is -0.0203. The van der Waals surface area contributed by atoms with Gasteiger partial charge in [0.25, 0.3) is 0 Å². The van der Waals surface area contributed by atoms with Crippen molar-refractivity contribution < 1.29 is 23.7 Å². The van der Waals surface area contributed by atoms with E-state index in [9.17, 15) is 4.79 Å². The van der Waals surface area contributed by atoms with Crippen LogP contribution in [0.3, 0.4) is 0 Å². The number of rotatable bonds is 7. The number of benzene rings is 2. The summed E-state index contributed by atoms with van der Waals surface area (Å²) in [5, 5.41) is 2.95. The maximum absolute atomic E-state index is 12.3. The summed E-state index contributed by atoms with van der Waals surface area (Å²) in [6.45, 7) is 2.69. The Morgan fingerprint density at radius 1 is 1.12 bits per heavy atom. The van der Waals surface area contributed by atoms with Crippen molar-refractivity contribution in [2.24, 2.45) is 0 Å². The molecule has 1 aliphatic heterocycles. The van der Waals surface area contributed by atoms with Gasteiger partial charge in [0.1, 0.15) is 11.5 Å². The SMILES string of the molecule is COc1ccc(C(C)CC(=O)NCc2ccc3c(c2)OCO3)c(OC)c1. The molecule has 0 saturated carbocycles. The molecule has 0 fully saturated rings. The van der Waals surface area contributed by atoms with Gasteiger partial charge in [-0.15, -0.1) is 0 Å². The fraction of sp³-hybridized carbons (Fsp3) is 0.350. The fourth-order valence-electron chi connectivity index (χ4n) is 2.94. The van der Waals surface area contributed by atoms with Gasteiger partial charge >= 0.3 is 0 Å². The van der Waals surface area contributed by atoms with Crippen LogP contribution in [0.4, 0.5) is 0 Å². The number of methoxy groups -OCH3 is 2. The second kappa shape index (κ2) is 7.99. The standard InChI is InChI=1S/C20H23NO5/c1-13(16-6-5-15(23-2)10-18(16)24-3)8-20(22)21-11-14-4-7-17-19(9-14)26-12-25-17/h4-7,9-10,13H,8,11-12H2,1-3H3,(H,21,22). The number of ether oxygens (including phenoxy) is 4. The molecule has 26 heavy (non-hydrogen) atoms. The van der Waals surface area contributed by atoms with Gasteiger partial charge in [-0.1, -0.05) is 19.1 Å². The Labute approximate surface area is 153 Å². The van der Waals surface area contributed by atoms with Crippen molar-refractivity contribution in [2.45, 2.75) is 25.8 Å². The van der Waals surface area contributed by atoms with Gasteiger partial charge in [-0.2, -0.15) is 0 Å². The Hall–Kier alpha value is -2.89. The van der Waals surface area contributed by atoms with Crippen LogP contribution in [-0.2, 0) is 11.3 Å². The van der Waals surface area contributed by atoms with Gasteiger partial charge in [0.05, 0.1) is 14.2 Å². The molecule has 1 aliphatic rings. The molecule has 2 aromatic carbocycles. The summed E-state index contributed by atoms with van der Waals surface area (Å²) in [6, 6.07) is 11.3. The number of carbonyl (C=O) groups is 1. The zero-order valence-corrected chi connectivity index (χ0v) is 15.2. The molecule has 3 rings (SSSR count). The van der Waals surface area contributed by atoms with Crippen LogP contribution in [0.1, 0.15) is 30.4 Å². The maximum Gasteiger partial charge on any atom is 0.231 e. The lowest BCUT2D eigenvalue weighted by atomic mass is 9.96. The molecule has 0 saturated heterocycles. The number of carbonyl (C=O) groups excluding carboxylic acids is 1. The molecule has 2 aromatic rings. The highest BCUT2D eigenvalue weighted by Crippen LogP contribution is 2.33. The monoisotopic (exact) mass is 357 g/mol. The minimum absolute atomic E-state index is 0.0203. The van der Waals surface area contributed by atoms with Crippen molar-refractivity contribution in [3.05, 3.63) is 47.5 Å². The van der Waals surface area contributed by atoms with E-state index in [1.807, 2.05) is 43.3 Å². The molecule has 1 amide bonds. The summed E-state index contributed by atoms with van der Waals surface area (Å²) in [5.74, 6) is 2.90. The number of hydrogen-bond acceptors (Lipinski definition) is 5. The first-order valence-corrected chi connectivity index (χ1v) is 8.48. The Morgan fingerprint density at radius 2 is 1.92 bits per heavy atom. The predicted octanol–water partition coefficient (Wildman–Crippen LogP) is 3.24. The quantitative estimate of drug-likeness (QED) is 0.824. The maximum atomic E-state index is 12.3. The molecule has 6 heteroatoms. The van der Waals surface area contributed by atoms with Gasteiger partial charge in [-0.25, -0.2) is 0 Å². The van der Waals surface area contributed by atoms with Crippen molar-refractivity contribution >= 4 is 5.91 Å². The summed E-state index contributed by atoms with van der Waals surface area (Å²) in [7, 11) is 3.23. The highest BCUT2D eigenvalue weighted by molar-refractivity contribution is 5.77. The number of amides is 1. The molecule has 1 heterocycles. The van der Waals surface area contributed by atoms with Gasteiger partial charge in [-0.3, -0.25) is 4.79 Å². The van der Waals surface area contributed by atoms with E-state index in [0.29, 0.717) is 18.7 Å². The highest BCUT2D eigenvalue weighted by Gasteiger charge is 2.17. The van der Waals surface area contributed by atoms with Crippen molar-refractivity contribution in [3.8, 4) is 23.0 Å². The van der Waals surface area contributed by atoms with Crippen LogP contribution in [0.25, 0.3) is 0 Å². The van der Waals surface area contributed by atoms with Gasteiger partial charge in [0.15, 0.2) is 11.5 Å². The van der Waals surface area contributed by atoms with Crippen LogP contribution in [0.5, 0.6) is 23.0 Å². The van der Waals surface area contributed by atoms with Gasteiger partial charge < -0.3 is 24.3 Å². The van der Waals surface area contributed by atoms with Crippen molar-refractivity contribution in [3.63, 3.8) is 0 Å². The topological polar surface area (TPSA) is 66.0 Å². The van der Waals surface area contributed by atoms with E-state index in [1.165, 1.54) is 0 Å². The van der Waals surface area contributed by atoms with Crippen LogP contribution in [0, 0.1) is 0 Å². The van der Waals surface area contributed by atoms with E-state index in [1.54, 1.807) is 14.2 Å². The molecule has 0 radical (unpaired) electrons. The number of hydrogen-bond donors (Lipinski definition) is 1. The van der Waals surface area contributed by atoms with Crippen LogP contribution in [0.15, 0.2) is 36.4 Å². The molecule has 0 aromatic heterocycles. The first-order chi connectivity index (χ1) is 12.6. The average Bonchev–Trinajstić information content (AvgIpc) is 3.13. The smallest absolute Gasteiger partial charge is 0.231 e. The minimum Gasteiger partial charge on any atom is -0.497 e. The predicted molar refractivity (Wildman–Crippen MR) is 97.0 cm³/mol. The molecule has 0 bridgehead atoms. The molecule has 0 aliphatic carbocycles. The van der Waals surface area contributed by atoms with E-state index < -0.39 is 0 Å². The normalized spacial score (nSPS) is 13.2. The largest absolute Gasteiger partial charge is 0.497 e. The second-order valence-corrected chi connectivity index (χ2v) is 6.18. The summed E-state index contributed by atoms with van der Waals surface area (Å²) in [6.07, 6.45) is 0.368. The van der Waals surface area contributed by atoms with Crippen molar-refractivity contribution in [2.75, 3.05) is 21.0 Å². The third-order valence-corrected chi connectivity index (χ3v) is 4.39. The molecule has 1 atom stereocenters. The zero-order chi connectivity index (χ0) is 18.5. The van der Waals surface area contributed by atoms with Crippen LogP contribution < -0.4 is 24.3 Å². The average molecular weight is 357 g/mol. The van der Waals surface area contributed by atoms with Crippen LogP contribution >= 0.6 is 0 Å². The highest BCUT2D eigenvalue weighted by atomic mass is 16.7. The summed E-state index contributed by atoms with van der Waals surface area (Å²) >= 11 is 0. The first kappa shape index (κ1) is 17.9. The van der Waals surface area contributed by atoms with Gasteiger partial charge in [0.2, 0.25) is 12.7 Å². The van der Waals surface area contributed by atoms with Gasteiger partial charge in [0, 0.05) is 19.0 Å². The lowest BCUT2D eigenvalue weighted by Crippen LogP contribution is -2.24. The summed E-state index contributed by atoms with van der Waals surface area (Å²) < 4.78 is 21.3. The number of nitrogens with one attached hydrogen (secondary N) is 1. The molecule has 6 nitrogen and oxygen atoms in total. The molecule has 1 N–H and O–H groups in total. The van der Waals surface area contributed by atoms with Gasteiger partial charge in [-0.05, 0) is 35.2 Å². The Bertz CT molecular complexity index is 790.